The molecule has 0 aromatic heterocycles. The zero-order chi connectivity index (χ0) is 20.9. The number of carbonyl (C=O) groups is 1. The number of aliphatic hydroxyl groups is 2. The number of rotatable bonds is 21. The van der Waals surface area contributed by atoms with Crippen LogP contribution in [-0.2, 0) is 9.53 Å². The summed E-state index contributed by atoms with van der Waals surface area (Å²) >= 11 is 0. The highest BCUT2D eigenvalue weighted by Crippen LogP contribution is 2.13. The number of unbranched alkanes of at least 4 members (excludes halogenated alkanes) is 12. The Morgan fingerprint density at radius 1 is 0.724 bits per heavy atom. The third-order valence-electron chi connectivity index (χ3n) is 5.66. The summed E-state index contributed by atoms with van der Waals surface area (Å²) in [7, 11) is 1.97. The van der Waals surface area contributed by atoms with Crippen molar-refractivity contribution in [2.75, 3.05) is 46.5 Å². The average Bonchev–Trinajstić information content (AvgIpc) is 2.66. The second kappa shape index (κ2) is 22.3. The van der Waals surface area contributed by atoms with Gasteiger partial charge in [0.25, 0.3) is 0 Å². The minimum Gasteiger partial charge on any atom is -1.00 e. The molecule has 0 radical (unpaired) electrons. The summed E-state index contributed by atoms with van der Waals surface area (Å²) in [6.07, 6.45) is 17.4. The first-order valence-electron chi connectivity index (χ1n) is 11.8. The molecule has 0 aromatic carbocycles. The Morgan fingerprint density at radius 3 is 1.55 bits per heavy atom. The van der Waals surface area contributed by atoms with Crippen molar-refractivity contribution in [3.8, 4) is 0 Å². The van der Waals surface area contributed by atoms with Crippen LogP contribution < -0.4 is 12.4 Å². The summed E-state index contributed by atoms with van der Waals surface area (Å²) in [5.41, 5.74) is 0. The number of hydrogen-bond donors (Lipinski definition) is 2. The monoisotopic (exact) mass is 437 g/mol. The van der Waals surface area contributed by atoms with E-state index in [1.165, 1.54) is 70.6 Å². The van der Waals surface area contributed by atoms with E-state index >= 15 is 0 Å². The van der Waals surface area contributed by atoms with Gasteiger partial charge >= 0.3 is 5.97 Å². The lowest BCUT2D eigenvalue weighted by Gasteiger charge is -2.33. The fourth-order valence-electron chi connectivity index (χ4n) is 3.56. The van der Waals surface area contributed by atoms with E-state index < -0.39 is 0 Å². The molecule has 6 heteroatoms. The van der Waals surface area contributed by atoms with Gasteiger partial charge in [0.05, 0.1) is 20.3 Å². The molecule has 5 nitrogen and oxygen atoms in total. The average molecular weight is 438 g/mol. The first-order chi connectivity index (χ1) is 13.6. The zero-order valence-electron chi connectivity index (χ0n) is 19.2. The molecule has 29 heavy (non-hydrogen) atoms. The number of hydrogen-bond acceptors (Lipinski definition) is 4. The zero-order valence-corrected chi connectivity index (χ0v) is 19.9. The van der Waals surface area contributed by atoms with Crippen LogP contribution in [0.5, 0.6) is 0 Å². The van der Waals surface area contributed by atoms with Crippen LogP contribution in [0, 0.1) is 0 Å². The van der Waals surface area contributed by atoms with Gasteiger partial charge in [-0.3, -0.25) is 4.79 Å². The summed E-state index contributed by atoms with van der Waals surface area (Å²) in [5, 5.41) is 18.2. The molecule has 176 valence electrons. The molecule has 0 unspecified atom stereocenters. The van der Waals surface area contributed by atoms with Crippen molar-refractivity contribution in [1.82, 2.24) is 0 Å². The number of quaternary nitrogens is 1. The molecule has 0 rings (SSSR count). The van der Waals surface area contributed by atoms with Crippen LogP contribution in [0.1, 0.15) is 96.8 Å². The molecule has 0 aliphatic heterocycles. The van der Waals surface area contributed by atoms with Crippen LogP contribution in [0.3, 0.4) is 0 Å². The van der Waals surface area contributed by atoms with Crippen LogP contribution >= 0.6 is 0 Å². The normalized spacial score (nSPS) is 11.3. The third kappa shape index (κ3) is 20.7. The fourth-order valence-corrected chi connectivity index (χ4v) is 3.56. The Labute approximate surface area is 186 Å². The predicted octanol–water partition coefficient (Wildman–Crippen LogP) is 1.45. The van der Waals surface area contributed by atoms with Gasteiger partial charge in [-0.25, -0.2) is 0 Å². The number of ether oxygens (including phenoxy) is 1. The number of esters is 1. The van der Waals surface area contributed by atoms with Crippen LogP contribution in [-0.4, -0.2) is 67.2 Å². The highest BCUT2D eigenvalue weighted by Gasteiger charge is 2.20. The summed E-state index contributed by atoms with van der Waals surface area (Å²) < 4.78 is 5.85. The maximum Gasteiger partial charge on any atom is 0.305 e. The molecule has 0 atom stereocenters. The van der Waals surface area contributed by atoms with Gasteiger partial charge in [0, 0.05) is 6.42 Å². The smallest absolute Gasteiger partial charge is 0.305 e. The summed E-state index contributed by atoms with van der Waals surface area (Å²) in [6, 6.07) is 0. The molecule has 0 saturated carbocycles. The number of halogens is 1. The van der Waals surface area contributed by atoms with Crippen molar-refractivity contribution >= 4 is 5.97 Å². The van der Waals surface area contributed by atoms with Crippen molar-refractivity contribution in [3.05, 3.63) is 0 Å². The van der Waals surface area contributed by atoms with Crippen LogP contribution in [0.2, 0.25) is 0 Å². The molecule has 0 amide bonds. The largest absolute Gasteiger partial charge is 1.00 e. The highest BCUT2D eigenvalue weighted by molar-refractivity contribution is 5.69. The lowest BCUT2D eigenvalue weighted by molar-refractivity contribution is -0.910. The van der Waals surface area contributed by atoms with Crippen molar-refractivity contribution < 1.29 is 36.6 Å². The van der Waals surface area contributed by atoms with E-state index in [0.29, 0.717) is 37.1 Å². The quantitative estimate of drug-likeness (QED) is 0.162. The number of aliphatic hydroxyl groups excluding tert-OH is 2. The second-order valence-electron chi connectivity index (χ2n) is 8.45. The Bertz CT molecular complexity index is 350. The van der Waals surface area contributed by atoms with E-state index in [1.807, 2.05) is 7.05 Å². The first-order valence-corrected chi connectivity index (χ1v) is 11.8. The van der Waals surface area contributed by atoms with Gasteiger partial charge in [0.15, 0.2) is 0 Å². The van der Waals surface area contributed by atoms with Gasteiger partial charge in [-0.2, -0.15) is 0 Å². The van der Waals surface area contributed by atoms with E-state index in [2.05, 4.69) is 6.92 Å². The summed E-state index contributed by atoms with van der Waals surface area (Å²) in [6.45, 7) is 4.53. The molecule has 0 heterocycles. The SMILES string of the molecule is CCCCCCCCCCCCCCCC(=O)OCC[N+](C)(CCO)CCO.[Cl-]. The predicted molar refractivity (Wildman–Crippen MR) is 116 cm³/mol. The minimum atomic E-state index is -0.123. The highest BCUT2D eigenvalue weighted by atomic mass is 35.5. The van der Waals surface area contributed by atoms with Gasteiger partial charge < -0.3 is 31.8 Å². The number of carbonyl (C=O) groups excluding carboxylic acids is 1. The standard InChI is InChI=1S/C23H48NO4.ClH/c1-3-4-5-6-7-8-9-10-11-12-13-14-15-16-23(27)28-22-19-24(2,17-20-25)18-21-26;/h25-26H,3-22H2,1-2H3;1H/q+1;/p-1. The van der Waals surface area contributed by atoms with Crippen LogP contribution in [0.15, 0.2) is 0 Å². The molecule has 2 N–H and O–H groups in total. The Kier molecular flexibility index (Phi) is 23.7. The van der Waals surface area contributed by atoms with Crippen molar-refractivity contribution in [3.63, 3.8) is 0 Å². The molecule has 0 fully saturated rings. The number of likely N-dealkylation sites (N-methyl/N-ethyl adjacent to an activating group) is 1. The molecule has 0 aliphatic carbocycles. The topological polar surface area (TPSA) is 66.8 Å². The molecule has 0 aromatic rings. The number of nitrogens with zero attached hydrogens (tertiary/aromatic N) is 1. The van der Waals surface area contributed by atoms with Gasteiger partial charge in [-0.1, -0.05) is 84.0 Å². The minimum absolute atomic E-state index is 0. The lowest BCUT2D eigenvalue weighted by atomic mass is 10.0. The lowest BCUT2D eigenvalue weighted by Crippen LogP contribution is -3.00. The van der Waals surface area contributed by atoms with Crippen molar-refractivity contribution in [2.24, 2.45) is 0 Å². The molecule has 0 spiro atoms. The Morgan fingerprint density at radius 2 is 1.14 bits per heavy atom. The first kappa shape index (κ1) is 30.8. The molecule has 0 bridgehead atoms. The van der Waals surface area contributed by atoms with Gasteiger partial charge in [0.2, 0.25) is 0 Å². The van der Waals surface area contributed by atoms with Crippen LogP contribution in [0.25, 0.3) is 0 Å². The van der Waals surface area contributed by atoms with Gasteiger partial charge in [0.1, 0.15) is 26.2 Å². The molecular formula is C23H48ClNO4. The summed E-state index contributed by atoms with van der Waals surface area (Å²) in [5.74, 6) is -0.123. The van der Waals surface area contributed by atoms with E-state index in [0.717, 1.165) is 12.8 Å². The van der Waals surface area contributed by atoms with Gasteiger partial charge in [-0.15, -0.1) is 0 Å². The molecular weight excluding hydrogens is 390 g/mol. The molecule has 0 saturated heterocycles. The summed E-state index contributed by atoms with van der Waals surface area (Å²) in [4.78, 5) is 11.8. The van der Waals surface area contributed by atoms with E-state index in [1.54, 1.807) is 0 Å². The maximum absolute atomic E-state index is 11.8. The van der Waals surface area contributed by atoms with Crippen molar-refractivity contribution in [2.45, 2.75) is 96.8 Å². The Balaban J connectivity index is 0. The second-order valence-corrected chi connectivity index (χ2v) is 8.45. The van der Waals surface area contributed by atoms with Crippen LogP contribution in [0.4, 0.5) is 0 Å². The fraction of sp³-hybridized carbons (Fsp3) is 0.957. The maximum atomic E-state index is 11.8. The van der Waals surface area contributed by atoms with Gasteiger partial charge in [-0.05, 0) is 6.42 Å². The van der Waals surface area contributed by atoms with E-state index in [-0.39, 0.29) is 31.6 Å². The van der Waals surface area contributed by atoms with Crippen molar-refractivity contribution in [1.29, 1.82) is 0 Å². The Hall–Kier alpha value is -0.360. The van der Waals surface area contributed by atoms with E-state index in [4.69, 9.17) is 14.9 Å². The third-order valence-corrected chi connectivity index (χ3v) is 5.66. The van der Waals surface area contributed by atoms with E-state index in [9.17, 15) is 4.79 Å². The molecule has 0 aliphatic rings.